The van der Waals surface area contributed by atoms with Crippen LogP contribution in [-0.2, 0) is 9.53 Å². The summed E-state index contributed by atoms with van der Waals surface area (Å²) in [5.74, 6) is -0.314. The summed E-state index contributed by atoms with van der Waals surface area (Å²) in [6.07, 6.45) is 1.53. The number of ether oxygens (including phenoxy) is 1. The summed E-state index contributed by atoms with van der Waals surface area (Å²) in [4.78, 5) is 13.8. The number of allylic oxidation sites excluding steroid dienone is 1. The number of esters is 1. The van der Waals surface area contributed by atoms with E-state index in [1.807, 2.05) is 55.5 Å². The van der Waals surface area contributed by atoms with Crippen molar-refractivity contribution >= 4 is 34.9 Å². The average molecular weight is 333 g/mol. The molecular formula is C18H17ClO2S. The highest BCUT2D eigenvalue weighted by Crippen LogP contribution is 2.34. The molecule has 22 heavy (non-hydrogen) atoms. The number of carbonyl (C=O) groups excluding carboxylic acids is 1. The van der Waals surface area contributed by atoms with Crippen molar-refractivity contribution in [2.75, 3.05) is 6.61 Å². The summed E-state index contributed by atoms with van der Waals surface area (Å²) >= 11 is 7.55. The topological polar surface area (TPSA) is 26.3 Å². The molecule has 0 aliphatic heterocycles. The van der Waals surface area contributed by atoms with Crippen molar-refractivity contribution in [3.8, 4) is 0 Å². The Bertz CT molecular complexity index is 678. The maximum absolute atomic E-state index is 11.6. The number of halogens is 1. The molecular weight excluding hydrogens is 316 g/mol. The van der Waals surface area contributed by atoms with Gasteiger partial charge in [-0.05, 0) is 55.3 Å². The van der Waals surface area contributed by atoms with Gasteiger partial charge in [0.2, 0.25) is 0 Å². The molecule has 0 aromatic heterocycles. The summed E-state index contributed by atoms with van der Waals surface area (Å²) in [6, 6.07) is 15.7. The van der Waals surface area contributed by atoms with Gasteiger partial charge in [0, 0.05) is 20.9 Å². The molecule has 0 fully saturated rings. The van der Waals surface area contributed by atoms with E-state index in [2.05, 4.69) is 0 Å². The molecule has 0 bridgehead atoms. The normalized spacial score (nSPS) is 11.3. The maximum atomic E-state index is 11.6. The van der Waals surface area contributed by atoms with Crippen molar-refractivity contribution in [3.05, 3.63) is 65.2 Å². The summed E-state index contributed by atoms with van der Waals surface area (Å²) in [5.41, 5.74) is 1.91. The Kier molecular flexibility index (Phi) is 6.10. The van der Waals surface area contributed by atoms with E-state index in [0.29, 0.717) is 6.61 Å². The summed E-state index contributed by atoms with van der Waals surface area (Å²) in [7, 11) is 0. The van der Waals surface area contributed by atoms with Crippen molar-refractivity contribution in [2.24, 2.45) is 0 Å². The minimum atomic E-state index is -0.314. The second-order valence-corrected chi connectivity index (χ2v) is 6.18. The molecule has 0 N–H and O–H groups in total. The molecule has 0 saturated carbocycles. The van der Waals surface area contributed by atoms with E-state index in [1.165, 1.54) is 6.08 Å². The van der Waals surface area contributed by atoms with E-state index in [4.69, 9.17) is 16.3 Å². The third-order valence-electron chi connectivity index (χ3n) is 2.97. The monoisotopic (exact) mass is 332 g/mol. The predicted molar refractivity (Wildman–Crippen MR) is 92.3 cm³/mol. The van der Waals surface area contributed by atoms with Gasteiger partial charge >= 0.3 is 5.97 Å². The number of hydrogen-bond donors (Lipinski definition) is 0. The standard InChI is InChI=1S/C18H17ClO2S/c1-3-21-18(20)12-13(2)16-6-4-5-7-17(16)22-15-10-8-14(19)9-11-15/h4-12H,3H2,1-2H3. The van der Waals surface area contributed by atoms with Gasteiger partial charge in [-0.3, -0.25) is 0 Å². The zero-order chi connectivity index (χ0) is 15.9. The van der Waals surface area contributed by atoms with Crippen LogP contribution in [0.15, 0.2) is 64.4 Å². The van der Waals surface area contributed by atoms with Gasteiger partial charge in [-0.1, -0.05) is 41.6 Å². The van der Waals surface area contributed by atoms with Gasteiger partial charge in [-0.15, -0.1) is 0 Å². The fourth-order valence-electron chi connectivity index (χ4n) is 1.95. The highest BCUT2D eigenvalue weighted by atomic mass is 35.5. The number of rotatable bonds is 5. The lowest BCUT2D eigenvalue weighted by Crippen LogP contribution is -2.00. The maximum Gasteiger partial charge on any atom is 0.331 e. The first-order chi connectivity index (χ1) is 10.6. The van der Waals surface area contributed by atoms with E-state index in [9.17, 15) is 4.79 Å². The van der Waals surface area contributed by atoms with Crippen LogP contribution in [0.4, 0.5) is 0 Å². The minimum absolute atomic E-state index is 0.314. The largest absolute Gasteiger partial charge is 0.463 e. The fourth-order valence-corrected chi connectivity index (χ4v) is 3.09. The molecule has 0 atom stereocenters. The lowest BCUT2D eigenvalue weighted by atomic mass is 10.1. The van der Waals surface area contributed by atoms with Gasteiger partial charge in [-0.2, -0.15) is 0 Å². The minimum Gasteiger partial charge on any atom is -0.463 e. The molecule has 4 heteroatoms. The van der Waals surface area contributed by atoms with E-state index in [1.54, 1.807) is 18.7 Å². The van der Waals surface area contributed by atoms with Crippen LogP contribution in [0.5, 0.6) is 0 Å². The van der Waals surface area contributed by atoms with Crippen LogP contribution in [0.25, 0.3) is 5.57 Å². The second kappa shape index (κ2) is 8.06. The molecule has 114 valence electrons. The first kappa shape index (κ1) is 16.7. The molecule has 0 saturated heterocycles. The Morgan fingerprint density at radius 3 is 2.55 bits per heavy atom. The fraction of sp³-hybridized carbons (Fsp3) is 0.167. The Morgan fingerprint density at radius 2 is 1.86 bits per heavy atom. The molecule has 0 unspecified atom stereocenters. The van der Waals surface area contributed by atoms with E-state index in [0.717, 1.165) is 26.0 Å². The van der Waals surface area contributed by atoms with Gasteiger partial charge in [0.05, 0.1) is 6.61 Å². The lowest BCUT2D eigenvalue weighted by molar-refractivity contribution is -0.137. The van der Waals surface area contributed by atoms with Crippen LogP contribution in [0, 0.1) is 0 Å². The summed E-state index contributed by atoms with van der Waals surface area (Å²) in [5, 5.41) is 0.719. The third-order valence-corrected chi connectivity index (χ3v) is 4.31. The molecule has 2 aromatic carbocycles. The summed E-state index contributed by atoms with van der Waals surface area (Å²) in [6.45, 7) is 4.09. The van der Waals surface area contributed by atoms with Gasteiger partial charge < -0.3 is 4.74 Å². The second-order valence-electron chi connectivity index (χ2n) is 4.63. The Balaban J connectivity index is 2.26. The first-order valence-electron chi connectivity index (χ1n) is 6.98. The lowest BCUT2D eigenvalue weighted by Gasteiger charge is -2.10. The molecule has 0 radical (unpaired) electrons. The van der Waals surface area contributed by atoms with Crippen molar-refractivity contribution < 1.29 is 9.53 Å². The molecule has 0 aliphatic carbocycles. The van der Waals surface area contributed by atoms with Crippen molar-refractivity contribution in [3.63, 3.8) is 0 Å². The van der Waals surface area contributed by atoms with Crippen LogP contribution in [0.3, 0.4) is 0 Å². The van der Waals surface area contributed by atoms with Crippen LogP contribution in [-0.4, -0.2) is 12.6 Å². The van der Waals surface area contributed by atoms with Gasteiger partial charge in [0.1, 0.15) is 0 Å². The van der Waals surface area contributed by atoms with Crippen LogP contribution in [0.1, 0.15) is 19.4 Å². The molecule has 0 spiro atoms. The van der Waals surface area contributed by atoms with Crippen molar-refractivity contribution in [1.29, 1.82) is 0 Å². The van der Waals surface area contributed by atoms with E-state index in [-0.39, 0.29) is 5.97 Å². The first-order valence-corrected chi connectivity index (χ1v) is 8.17. The van der Waals surface area contributed by atoms with Crippen LogP contribution in [0.2, 0.25) is 5.02 Å². The summed E-state index contributed by atoms with van der Waals surface area (Å²) < 4.78 is 4.97. The van der Waals surface area contributed by atoms with Crippen LogP contribution >= 0.6 is 23.4 Å². The Hall–Kier alpha value is -1.71. The molecule has 0 amide bonds. The molecule has 0 aliphatic rings. The molecule has 2 aromatic rings. The average Bonchev–Trinajstić information content (AvgIpc) is 2.50. The molecule has 2 rings (SSSR count). The Labute approximate surface area is 140 Å². The highest BCUT2D eigenvalue weighted by molar-refractivity contribution is 7.99. The predicted octanol–water partition coefficient (Wildman–Crippen LogP) is 5.46. The highest BCUT2D eigenvalue weighted by Gasteiger charge is 2.08. The zero-order valence-electron chi connectivity index (χ0n) is 12.5. The van der Waals surface area contributed by atoms with Crippen molar-refractivity contribution in [1.82, 2.24) is 0 Å². The number of benzene rings is 2. The zero-order valence-corrected chi connectivity index (χ0v) is 14.1. The quantitative estimate of drug-likeness (QED) is 0.537. The molecule has 0 heterocycles. The van der Waals surface area contributed by atoms with Crippen molar-refractivity contribution in [2.45, 2.75) is 23.6 Å². The van der Waals surface area contributed by atoms with E-state index < -0.39 is 0 Å². The van der Waals surface area contributed by atoms with E-state index >= 15 is 0 Å². The van der Waals surface area contributed by atoms with Gasteiger partial charge in [-0.25, -0.2) is 4.79 Å². The number of hydrogen-bond acceptors (Lipinski definition) is 3. The van der Waals surface area contributed by atoms with Gasteiger partial charge in [0.15, 0.2) is 0 Å². The molecule has 2 nitrogen and oxygen atoms in total. The smallest absolute Gasteiger partial charge is 0.331 e. The van der Waals surface area contributed by atoms with Crippen LogP contribution < -0.4 is 0 Å². The number of carbonyl (C=O) groups is 1. The third kappa shape index (κ3) is 4.65. The van der Waals surface area contributed by atoms with Gasteiger partial charge in [0.25, 0.3) is 0 Å². The Morgan fingerprint density at radius 1 is 1.18 bits per heavy atom. The SMILES string of the molecule is CCOC(=O)C=C(C)c1ccccc1Sc1ccc(Cl)cc1.